The molecule has 176 valence electrons. The zero-order valence-corrected chi connectivity index (χ0v) is 19.7. The van der Waals surface area contributed by atoms with Crippen LogP contribution in [0.3, 0.4) is 0 Å². The van der Waals surface area contributed by atoms with Gasteiger partial charge in [-0.1, -0.05) is 0 Å². The van der Waals surface area contributed by atoms with Gasteiger partial charge in [-0.3, -0.25) is 9.10 Å². The minimum absolute atomic E-state index is 0.0892. The van der Waals surface area contributed by atoms with Crippen LogP contribution in [0.15, 0.2) is 30.3 Å². The molecule has 0 aliphatic heterocycles. The molecule has 1 amide bonds. The summed E-state index contributed by atoms with van der Waals surface area (Å²) >= 11 is 0. The molecular formula is C21H28N2O8S. The van der Waals surface area contributed by atoms with E-state index < -0.39 is 22.5 Å². The number of rotatable bonds is 11. The lowest BCUT2D eigenvalue weighted by atomic mass is 10.1. The summed E-state index contributed by atoms with van der Waals surface area (Å²) in [5.41, 5.74) is 0.902. The Morgan fingerprint density at radius 3 is 1.97 bits per heavy atom. The first-order valence-electron chi connectivity index (χ1n) is 9.44. The maximum atomic E-state index is 12.6. The SMILES string of the molecule is COc1ccc(N(CC(=O)NCc2ccc(OC)c(OC)c2OC)S(C)(=O)=O)cc1OC. The number of nitrogens with zero attached hydrogens (tertiary/aromatic N) is 1. The van der Waals surface area contributed by atoms with Gasteiger partial charge in [0.2, 0.25) is 21.7 Å². The highest BCUT2D eigenvalue weighted by Crippen LogP contribution is 2.39. The second kappa shape index (κ2) is 10.8. The fraction of sp³-hybridized carbons (Fsp3) is 0.381. The van der Waals surface area contributed by atoms with Gasteiger partial charge in [-0.15, -0.1) is 0 Å². The van der Waals surface area contributed by atoms with E-state index in [9.17, 15) is 13.2 Å². The van der Waals surface area contributed by atoms with E-state index >= 15 is 0 Å². The molecule has 0 saturated heterocycles. The van der Waals surface area contributed by atoms with Crippen molar-refractivity contribution in [3.63, 3.8) is 0 Å². The monoisotopic (exact) mass is 468 g/mol. The second-order valence-corrected chi connectivity index (χ2v) is 8.49. The first-order chi connectivity index (χ1) is 15.2. The van der Waals surface area contributed by atoms with Crippen LogP contribution in [-0.2, 0) is 21.4 Å². The summed E-state index contributed by atoms with van der Waals surface area (Å²) < 4.78 is 52.1. The van der Waals surface area contributed by atoms with Crippen LogP contribution in [-0.4, -0.2) is 62.7 Å². The van der Waals surface area contributed by atoms with Gasteiger partial charge >= 0.3 is 0 Å². The molecule has 0 aliphatic rings. The number of ether oxygens (including phenoxy) is 5. The van der Waals surface area contributed by atoms with Crippen molar-refractivity contribution < 1.29 is 36.9 Å². The molecular weight excluding hydrogens is 440 g/mol. The lowest BCUT2D eigenvalue weighted by Crippen LogP contribution is -2.40. The summed E-state index contributed by atoms with van der Waals surface area (Å²) in [6, 6.07) is 8.01. The third kappa shape index (κ3) is 5.67. The van der Waals surface area contributed by atoms with Gasteiger partial charge in [0.1, 0.15) is 6.54 Å². The van der Waals surface area contributed by atoms with Crippen molar-refractivity contribution in [1.82, 2.24) is 5.32 Å². The van der Waals surface area contributed by atoms with E-state index in [1.54, 1.807) is 18.2 Å². The van der Waals surface area contributed by atoms with Crippen LogP contribution in [0.25, 0.3) is 0 Å². The van der Waals surface area contributed by atoms with E-state index in [0.717, 1.165) is 10.6 Å². The number of carbonyl (C=O) groups is 1. The smallest absolute Gasteiger partial charge is 0.241 e. The van der Waals surface area contributed by atoms with Crippen LogP contribution >= 0.6 is 0 Å². The number of anilines is 1. The fourth-order valence-corrected chi connectivity index (χ4v) is 3.91. The van der Waals surface area contributed by atoms with E-state index in [4.69, 9.17) is 23.7 Å². The van der Waals surface area contributed by atoms with Crippen molar-refractivity contribution in [2.75, 3.05) is 52.7 Å². The van der Waals surface area contributed by atoms with Crippen LogP contribution in [0.5, 0.6) is 28.7 Å². The molecule has 0 spiro atoms. The average Bonchev–Trinajstić information content (AvgIpc) is 2.78. The number of sulfonamides is 1. The largest absolute Gasteiger partial charge is 0.493 e. The molecule has 0 radical (unpaired) electrons. The van der Waals surface area contributed by atoms with Crippen molar-refractivity contribution in [2.45, 2.75) is 6.54 Å². The standard InChI is InChI=1S/C21H28N2O8S/c1-27-16-10-8-15(11-18(16)29-3)23(32(6,25)26)13-19(24)22-12-14-7-9-17(28-2)21(31-5)20(14)30-4/h7-11H,12-13H2,1-6H3,(H,22,24). The van der Waals surface area contributed by atoms with Gasteiger partial charge in [0.15, 0.2) is 23.0 Å². The van der Waals surface area contributed by atoms with Crippen LogP contribution in [0.2, 0.25) is 0 Å². The summed E-state index contributed by atoms with van der Waals surface area (Å²) in [5.74, 6) is 1.55. The number of amides is 1. The Morgan fingerprint density at radius 1 is 0.844 bits per heavy atom. The van der Waals surface area contributed by atoms with Gasteiger partial charge < -0.3 is 29.0 Å². The Labute approximate surface area is 188 Å². The third-order valence-electron chi connectivity index (χ3n) is 4.60. The minimum Gasteiger partial charge on any atom is -0.493 e. The first-order valence-corrected chi connectivity index (χ1v) is 11.3. The van der Waals surface area contributed by atoms with Gasteiger partial charge in [-0.05, 0) is 24.3 Å². The van der Waals surface area contributed by atoms with E-state index in [1.165, 1.54) is 47.7 Å². The average molecular weight is 469 g/mol. The van der Waals surface area contributed by atoms with Crippen LogP contribution in [0, 0.1) is 0 Å². The predicted octanol–water partition coefficient (Wildman–Crippen LogP) is 1.81. The molecule has 0 saturated carbocycles. The topological polar surface area (TPSA) is 113 Å². The van der Waals surface area contributed by atoms with Crippen LogP contribution in [0.4, 0.5) is 5.69 Å². The Hall–Kier alpha value is -3.34. The maximum absolute atomic E-state index is 12.6. The molecule has 10 nitrogen and oxygen atoms in total. The number of carbonyl (C=O) groups excluding carboxylic acids is 1. The maximum Gasteiger partial charge on any atom is 0.241 e. The number of nitrogens with one attached hydrogen (secondary N) is 1. The Bertz CT molecular complexity index is 1060. The Morgan fingerprint density at radius 2 is 1.44 bits per heavy atom. The van der Waals surface area contributed by atoms with Gasteiger partial charge in [-0.2, -0.15) is 0 Å². The van der Waals surface area contributed by atoms with Crippen molar-refractivity contribution >= 4 is 21.6 Å². The second-order valence-electron chi connectivity index (χ2n) is 6.58. The molecule has 0 aromatic heterocycles. The number of hydrogen-bond donors (Lipinski definition) is 1. The molecule has 2 rings (SSSR count). The predicted molar refractivity (Wildman–Crippen MR) is 120 cm³/mol. The molecule has 1 N–H and O–H groups in total. The normalized spacial score (nSPS) is 10.8. The zero-order valence-electron chi connectivity index (χ0n) is 18.9. The summed E-state index contributed by atoms with van der Waals surface area (Å²) in [4.78, 5) is 12.6. The molecule has 0 fully saturated rings. The number of methoxy groups -OCH3 is 5. The molecule has 0 bridgehead atoms. The highest BCUT2D eigenvalue weighted by molar-refractivity contribution is 7.92. The minimum atomic E-state index is -3.76. The number of hydrogen-bond acceptors (Lipinski definition) is 8. The van der Waals surface area contributed by atoms with E-state index in [-0.39, 0.29) is 12.2 Å². The van der Waals surface area contributed by atoms with Crippen LogP contribution in [0.1, 0.15) is 5.56 Å². The summed E-state index contributed by atoms with van der Waals surface area (Å²) in [6.07, 6.45) is 1.02. The van der Waals surface area contributed by atoms with Crippen molar-refractivity contribution in [3.05, 3.63) is 35.9 Å². The molecule has 0 heterocycles. The highest BCUT2D eigenvalue weighted by Gasteiger charge is 2.23. The van der Waals surface area contributed by atoms with Crippen molar-refractivity contribution in [1.29, 1.82) is 0 Å². The first kappa shape index (κ1) is 24.9. The lowest BCUT2D eigenvalue weighted by Gasteiger charge is -2.23. The Kier molecular flexibility index (Phi) is 8.41. The van der Waals surface area contributed by atoms with E-state index in [2.05, 4.69) is 5.32 Å². The van der Waals surface area contributed by atoms with Crippen molar-refractivity contribution in [3.8, 4) is 28.7 Å². The zero-order chi connectivity index (χ0) is 23.9. The van der Waals surface area contributed by atoms with Gasteiger partial charge in [-0.25, -0.2) is 8.42 Å². The summed E-state index contributed by atoms with van der Waals surface area (Å²) in [5, 5.41) is 2.71. The van der Waals surface area contributed by atoms with E-state index in [1.807, 2.05) is 0 Å². The van der Waals surface area contributed by atoms with E-state index in [0.29, 0.717) is 34.3 Å². The lowest BCUT2D eigenvalue weighted by molar-refractivity contribution is -0.119. The van der Waals surface area contributed by atoms with Gasteiger partial charge in [0.25, 0.3) is 0 Å². The molecule has 32 heavy (non-hydrogen) atoms. The molecule has 0 atom stereocenters. The quantitative estimate of drug-likeness (QED) is 0.531. The highest BCUT2D eigenvalue weighted by atomic mass is 32.2. The molecule has 0 unspecified atom stereocenters. The number of benzene rings is 2. The molecule has 2 aromatic rings. The van der Waals surface area contributed by atoms with Gasteiger partial charge in [0, 0.05) is 18.2 Å². The van der Waals surface area contributed by atoms with Gasteiger partial charge in [0.05, 0.1) is 47.5 Å². The summed E-state index contributed by atoms with van der Waals surface area (Å²) in [7, 11) is 3.62. The summed E-state index contributed by atoms with van der Waals surface area (Å²) in [6.45, 7) is -0.337. The molecule has 11 heteroatoms. The molecule has 2 aromatic carbocycles. The fourth-order valence-electron chi connectivity index (χ4n) is 3.06. The van der Waals surface area contributed by atoms with Crippen molar-refractivity contribution in [2.24, 2.45) is 0 Å². The van der Waals surface area contributed by atoms with Crippen LogP contribution < -0.4 is 33.3 Å². The molecule has 0 aliphatic carbocycles. The third-order valence-corrected chi connectivity index (χ3v) is 5.74. The Balaban J connectivity index is 2.23.